The fourth-order valence-electron chi connectivity index (χ4n) is 0.990. The second-order valence-electron chi connectivity index (χ2n) is 2.66. The van der Waals surface area contributed by atoms with Gasteiger partial charge in [0.25, 0.3) is 0 Å². The van der Waals surface area contributed by atoms with Gasteiger partial charge in [-0.2, -0.15) is 0 Å². The molecule has 0 heterocycles. The van der Waals surface area contributed by atoms with Gasteiger partial charge in [0, 0.05) is 5.69 Å². The molecule has 0 aliphatic carbocycles. The summed E-state index contributed by atoms with van der Waals surface area (Å²) in [5.41, 5.74) is 2.33. The molecule has 1 aromatic rings. The van der Waals surface area contributed by atoms with Crippen molar-refractivity contribution in [2.45, 2.75) is 13.8 Å². The van der Waals surface area contributed by atoms with E-state index in [9.17, 15) is 0 Å². The van der Waals surface area contributed by atoms with Crippen LogP contribution >= 0.6 is 24.0 Å². The molecule has 3 heteroatoms. The van der Waals surface area contributed by atoms with Gasteiger partial charge < -0.3 is 5.32 Å². The highest BCUT2D eigenvalue weighted by atomic mass is 32.2. The number of rotatable bonds is 2. The molecule has 13 heavy (non-hydrogen) atoms. The lowest BCUT2D eigenvalue weighted by Crippen LogP contribution is -2.05. The van der Waals surface area contributed by atoms with E-state index in [0.717, 1.165) is 15.8 Å². The first-order valence-corrected chi connectivity index (χ1v) is 5.63. The fourth-order valence-corrected chi connectivity index (χ4v) is 1.90. The molecule has 0 bridgehead atoms. The molecule has 1 rings (SSSR count). The van der Waals surface area contributed by atoms with Crippen molar-refractivity contribution in [1.29, 1.82) is 0 Å². The summed E-state index contributed by atoms with van der Waals surface area (Å²) in [6, 6.07) is 8.14. The molecular weight excluding hydrogens is 198 g/mol. The van der Waals surface area contributed by atoms with Crippen LogP contribution in [0.2, 0.25) is 0 Å². The van der Waals surface area contributed by atoms with Gasteiger partial charge in [-0.1, -0.05) is 49.1 Å². The molecular formula is C10H13NS2. The van der Waals surface area contributed by atoms with Crippen LogP contribution < -0.4 is 5.32 Å². The highest BCUT2D eigenvalue weighted by Gasteiger charge is 1.98. The predicted octanol–water partition coefficient (Wildman–Crippen LogP) is 3.44. The van der Waals surface area contributed by atoms with Crippen molar-refractivity contribution in [1.82, 2.24) is 0 Å². The van der Waals surface area contributed by atoms with Crippen molar-refractivity contribution in [3.05, 3.63) is 29.8 Å². The third-order valence-corrected chi connectivity index (χ3v) is 2.77. The van der Waals surface area contributed by atoms with Gasteiger partial charge in [-0.3, -0.25) is 0 Å². The third-order valence-electron chi connectivity index (χ3n) is 1.66. The van der Waals surface area contributed by atoms with Gasteiger partial charge >= 0.3 is 0 Å². The van der Waals surface area contributed by atoms with Crippen LogP contribution in [0.5, 0.6) is 0 Å². The lowest BCUT2D eigenvalue weighted by Gasteiger charge is -2.08. The minimum Gasteiger partial charge on any atom is -0.341 e. The van der Waals surface area contributed by atoms with E-state index in [1.807, 2.05) is 18.2 Å². The van der Waals surface area contributed by atoms with E-state index in [4.69, 9.17) is 12.2 Å². The molecule has 0 aliphatic rings. The Balaban J connectivity index is 2.63. The van der Waals surface area contributed by atoms with E-state index < -0.39 is 0 Å². The van der Waals surface area contributed by atoms with Crippen LogP contribution in [0, 0.1) is 6.92 Å². The highest BCUT2D eigenvalue weighted by Crippen LogP contribution is 2.15. The number of thioether (sulfide) groups is 1. The molecule has 0 amide bonds. The molecule has 70 valence electrons. The zero-order valence-electron chi connectivity index (χ0n) is 7.83. The Morgan fingerprint density at radius 2 is 2.15 bits per heavy atom. The molecule has 0 radical (unpaired) electrons. The summed E-state index contributed by atoms with van der Waals surface area (Å²) in [7, 11) is 0. The Kier molecular flexibility index (Phi) is 4.25. The van der Waals surface area contributed by atoms with Gasteiger partial charge in [-0.15, -0.1) is 0 Å². The molecule has 1 N–H and O–H groups in total. The second kappa shape index (κ2) is 5.25. The standard InChI is InChI=1S/C10H13NS2/c1-3-13-10(12)11-9-7-5-4-6-8(9)2/h4-7H,3H2,1-2H3,(H,11,12). The predicted molar refractivity (Wildman–Crippen MR) is 65.5 cm³/mol. The summed E-state index contributed by atoms with van der Waals surface area (Å²) in [6.45, 7) is 4.16. The van der Waals surface area contributed by atoms with Crippen molar-refractivity contribution < 1.29 is 0 Å². The SMILES string of the molecule is CCSC(=S)Nc1ccccc1C. The van der Waals surface area contributed by atoms with Crippen LogP contribution in [0.25, 0.3) is 0 Å². The van der Waals surface area contributed by atoms with E-state index in [1.54, 1.807) is 11.8 Å². The first-order valence-electron chi connectivity index (χ1n) is 4.23. The normalized spacial score (nSPS) is 9.69. The topological polar surface area (TPSA) is 12.0 Å². The quantitative estimate of drug-likeness (QED) is 0.753. The third kappa shape index (κ3) is 3.36. The monoisotopic (exact) mass is 211 g/mol. The molecule has 0 fully saturated rings. The summed E-state index contributed by atoms with van der Waals surface area (Å²) in [4.78, 5) is 0. The molecule has 0 saturated carbocycles. The minimum absolute atomic E-state index is 0.844. The zero-order chi connectivity index (χ0) is 9.68. The van der Waals surface area contributed by atoms with Crippen molar-refractivity contribution in [3.63, 3.8) is 0 Å². The molecule has 0 atom stereocenters. The smallest absolute Gasteiger partial charge is 0.138 e. The number of benzene rings is 1. The van der Waals surface area contributed by atoms with E-state index in [0.29, 0.717) is 0 Å². The Morgan fingerprint density at radius 1 is 1.46 bits per heavy atom. The molecule has 0 aromatic heterocycles. The van der Waals surface area contributed by atoms with Gasteiger partial charge in [0.1, 0.15) is 4.32 Å². The van der Waals surface area contributed by atoms with Crippen LogP contribution in [-0.4, -0.2) is 10.1 Å². The lowest BCUT2D eigenvalue weighted by molar-refractivity contribution is 1.46. The van der Waals surface area contributed by atoms with E-state index >= 15 is 0 Å². The summed E-state index contributed by atoms with van der Waals surface area (Å²) in [5.74, 6) is 1.01. The summed E-state index contributed by atoms with van der Waals surface area (Å²) < 4.78 is 0.844. The van der Waals surface area contributed by atoms with Crippen molar-refractivity contribution >= 4 is 34.0 Å². The summed E-state index contributed by atoms with van der Waals surface area (Å²) >= 11 is 6.80. The Hall–Kier alpha value is -0.540. The van der Waals surface area contributed by atoms with Crippen LogP contribution in [0.15, 0.2) is 24.3 Å². The largest absolute Gasteiger partial charge is 0.341 e. The Labute approximate surface area is 88.9 Å². The van der Waals surface area contributed by atoms with Crippen molar-refractivity contribution in [2.75, 3.05) is 11.1 Å². The first kappa shape index (κ1) is 10.5. The lowest BCUT2D eigenvalue weighted by atomic mass is 10.2. The van der Waals surface area contributed by atoms with E-state index in [1.165, 1.54) is 5.56 Å². The van der Waals surface area contributed by atoms with E-state index in [2.05, 4.69) is 25.2 Å². The highest BCUT2D eigenvalue weighted by molar-refractivity contribution is 8.23. The first-order chi connectivity index (χ1) is 6.24. The van der Waals surface area contributed by atoms with Crippen LogP contribution in [0.1, 0.15) is 12.5 Å². The average molecular weight is 211 g/mol. The summed E-state index contributed by atoms with van der Waals surface area (Å²) in [6.07, 6.45) is 0. The van der Waals surface area contributed by atoms with Gasteiger partial charge in [0.15, 0.2) is 0 Å². The second-order valence-corrected chi connectivity index (χ2v) is 4.60. The van der Waals surface area contributed by atoms with Crippen LogP contribution in [-0.2, 0) is 0 Å². The number of hydrogen-bond donors (Lipinski definition) is 1. The number of thiocarbonyl (C=S) groups is 1. The molecule has 0 unspecified atom stereocenters. The van der Waals surface area contributed by atoms with E-state index in [-0.39, 0.29) is 0 Å². The van der Waals surface area contributed by atoms with Gasteiger partial charge in [-0.05, 0) is 24.3 Å². The number of aryl methyl sites for hydroxylation is 1. The molecule has 1 nitrogen and oxygen atoms in total. The van der Waals surface area contributed by atoms with Crippen LogP contribution in [0.4, 0.5) is 5.69 Å². The van der Waals surface area contributed by atoms with Crippen LogP contribution in [0.3, 0.4) is 0 Å². The van der Waals surface area contributed by atoms with Gasteiger partial charge in [0.2, 0.25) is 0 Å². The number of hydrogen-bond acceptors (Lipinski definition) is 2. The van der Waals surface area contributed by atoms with Gasteiger partial charge in [-0.25, -0.2) is 0 Å². The Bertz CT molecular complexity index is 297. The number of para-hydroxylation sites is 1. The molecule has 1 aromatic carbocycles. The zero-order valence-corrected chi connectivity index (χ0v) is 9.47. The van der Waals surface area contributed by atoms with Gasteiger partial charge in [0.05, 0.1) is 0 Å². The molecule has 0 spiro atoms. The summed E-state index contributed by atoms with van der Waals surface area (Å²) in [5, 5.41) is 3.21. The number of nitrogens with one attached hydrogen (secondary N) is 1. The maximum atomic E-state index is 5.15. The van der Waals surface area contributed by atoms with Crippen molar-refractivity contribution in [3.8, 4) is 0 Å². The maximum absolute atomic E-state index is 5.15. The number of anilines is 1. The molecule has 0 saturated heterocycles. The minimum atomic E-state index is 0.844. The fraction of sp³-hybridized carbons (Fsp3) is 0.300. The maximum Gasteiger partial charge on any atom is 0.138 e. The molecule has 0 aliphatic heterocycles. The Morgan fingerprint density at radius 3 is 2.77 bits per heavy atom. The van der Waals surface area contributed by atoms with Crippen molar-refractivity contribution in [2.24, 2.45) is 0 Å². The average Bonchev–Trinajstić information content (AvgIpc) is 2.09.